The van der Waals surface area contributed by atoms with Gasteiger partial charge in [-0.1, -0.05) is 0 Å². The average molecular weight is 255 g/mol. The molecule has 1 aromatic heterocycles. The summed E-state index contributed by atoms with van der Waals surface area (Å²) in [6.07, 6.45) is 2.34. The molecule has 0 aromatic carbocycles. The molecule has 3 N–H and O–H groups in total. The molecule has 102 valence electrons. The Bertz CT molecular complexity index is 517. The molecule has 6 heteroatoms. The maximum Gasteiger partial charge on any atom is 0.330 e. The minimum Gasteiger partial charge on any atom is -0.396 e. The van der Waals surface area contributed by atoms with Gasteiger partial charge >= 0.3 is 5.69 Å². The van der Waals surface area contributed by atoms with Crippen LogP contribution in [0.5, 0.6) is 0 Å². The molecule has 0 saturated carbocycles. The van der Waals surface area contributed by atoms with E-state index in [0.717, 1.165) is 4.57 Å². The van der Waals surface area contributed by atoms with E-state index in [1.807, 2.05) is 0 Å². The average Bonchev–Trinajstić information content (AvgIpc) is 2.38. The first kappa shape index (κ1) is 14.7. The molecule has 0 aliphatic heterocycles. The lowest BCUT2D eigenvalue weighted by molar-refractivity contribution is 0.287. The van der Waals surface area contributed by atoms with Crippen LogP contribution in [0.2, 0.25) is 0 Å². The van der Waals surface area contributed by atoms with Gasteiger partial charge in [0, 0.05) is 32.0 Å². The van der Waals surface area contributed by atoms with Gasteiger partial charge < -0.3 is 15.4 Å². The Hall–Kier alpha value is -1.40. The normalized spacial score (nSPS) is 10.9. The third-order valence-corrected chi connectivity index (χ3v) is 3.09. The van der Waals surface area contributed by atoms with Crippen LogP contribution in [-0.2, 0) is 26.9 Å². The Morgan fingerprint density at radius 2 is 1.78 bits per heavy atom. The Balaban J connectivity index is 3.34. The third kappa shape index (κ3) is 2.88. The molecule has 0 aliphatic carbocycles. The molecule has 0 aliphatic rings. The summed E-state index contributed by atoms with van der Waals surface area (Å²) in [6, 6.07) is 0. The van der Waals surface area contributed by atoms with Crippen molar-refractivity contribution in [2.75, 3.05) is 13.2 Å². The quantitative estimate of drug-likeness (QED) is 0.675. The van der Waals surface area contributed by atoms with Gasteiger partial charge in [-0.25, -0.2) is 4.79 Å². The predicted molar refractivity (Wildman–Crippen MR) is 69.7 cm³/mol. The second-order valence-corrected chi connectivity index (χ2v) is 4.35. The number of aromatic nitrogens is 2. The van der Waals surface area contributed by atoms with E-state index in [9.17, 15) is 9.59 Å². The van der Waals surface area contributed by atoms with Gasteiger partial charge in [0.15, 0.2) is 0 Å². The molecule has 0 amide bonds. The molecule has 0 saturated heterocycles. The number of aliphatic hydroxyl groups is 1. The van der Waals surface area contributed by atoms with Gasteiger partial charge in [-0.15, -0.1) is 0 Å². The molecule has 0 radical (unpaired) electrons. The van der Waals surface area contributed by atoms with Crippen molar-refractivity contribution in [2.24, 2.45) is 19.8 Å². The van der Waals surface area contributed by atoms with Crippen LogP contribution in [0, 0.1) is 0 Å². The smallest absolute Gasteiger partial charge is 0.330 e. The van der Waals surface area contributed by atoms with E-state index in [0.29, 0.717) is 43.5 Å². The standard InChI is InChI=1S/C12H21N3O3/c1-14-10(6-4-8-16)9(5-3-7-13)11(17)15(2)12(14)18/h16H,3-8,13H2,1-2H3. The lowest BCUT2D eigenvalue weighted by Gasteiger charge is -2.14. The summed E-state index contributed by atoms with van der Waals surface area (Å²) in [5.74, 6) is 0. The van der Waals surface area contributed by atoms with E-state index >= 15 is 0 Å². The van der Waals surface area contributed by atoms with E-state index < -0.39 is 0 Å². The number of nitrogens with zero attached hydrogens (tertiary/aromatic N) is 2. The summed E-state index contributed by atoms with van der Waals surface area (Å²) >= 11 is 0. The van der Waals surface area contributed by atoms with Crippen LogP contribution in [0.15, 0.2) is 9.59 Å². The van der Waals surface area contributed by atoms with Crippen molar-refractivity contribution >= 4 is 0 Å². The van der Waals surface area contributed by atoms with Gasteiger partial charge in [0.1, 0.15) is 0 Å². The van der Waals surface area contributed by atoms with Crippen molar-refractivity contribution in [3.05, 3.63) is 32.1 Å². The van der Waals surface area contributed by atoms with Gasteiger partial charge in [0.2, 0.25) is 0 Å². The van der Waals surface area contributed by atoms with Crippen molar-refractivity contribution in [2.45, 2.75) is 25.7 Å². The third-order valence-electron chi connectivity index (χ3n) is 3.09. The van der Waals surface area contributed by atoms with Crippen molar-refractivity contribution in [3.63, 3.8) is 0 Å². The van der Waals surface area contributed by atoms with Crippen LogP contribution in [0.3, 0.4) is 0 Å². The summed E-state index contributed by atoms with van der Waals surface area (Å²) in [4.78, 5) is 23.9. The van der Waals surface area contributed by atoms with Gasteiger partial charge in [-0.2, -0.15) is 0 Å². The predicted octanol–water partition coefficient (Wildman–Crippen LogP) is -1.10. The Morgan fingerprint density at radius 1 is 1.11 bits per heavy atom. The maximum absolute atomic E-state index is 12.1. The lowest BCUT2D eigenvalue weighted by Crippen LogP contribution is -2.41. The van der Waals surface area contributed by atoms with Gasteiger partial charge in [-0.05, 0) is 32.2 Å². The first-order chi connectivity index (χ1) is 8.54. The van der Waals surface area contributed by atoms with Crippen LogP contribution < -0.4 is 17.0 Å². The van der Waals surface area contributed by atoms with E-state index in [1.165, 1.54) is 11.6 Å². The molecular formula is C12H21N3O3. The monoisotopic (exact) mass is 255 g/mol. The molecule has 6 nitrogen and oxygen atoms in total. The minimum absolute atomic E-state index is 0.0414. The molecule has 1 heterocycles. The van der Waals surface area contributed by atoms with Crippen LogP contribution in [0.25, 0.3) is 0 Å². The Morgan fingerprint density at radius 3 is 2.33 bits per heavy atom. The van der Waals surface area contributed by atoms with Crippen molar-refractivity contribution < 1.29 is 5.11 Å². The summed E-state index contributed by atoms with van der Waals surface area (Å²) in [5.41, 5.74) is 6.24. The van der Waals surface area contributed by atoms with E-state index in [4.69, 9.17) is 10.8 Å². The number of aliphatic hydroxyl groups excluding tert-OH is 1. The van der Waals surface area contributed by atoms with Crippen LogP contribution in [0.4, 0.5) is 0 Å². The fourth-order valence-corrected chi connectivity index (χ4v) is 2.05. The highest BCUT2D eigenvalue weighted by Gasteiger charge is 2.14. The fraction of sp³-hybridized carbons (Fsp3) is 0.667. The fourth-order valence-electron chi connectivity index (χ4n) is 2.05. The summed E-state index contributed by atoms with van der Waals surface area (Å²) in [6.45, 7) is 0.547. The van der Waals surface area contributed by atoms with Gasteiger partial charge in [-0.3, -0.25) is 9.36 Å². The highest BCUT2D eigenvalue weighted by molar-refractivity contribution is 5.19. The Kier molecular flexibility index (Phi) is 5.30. The van der Waals surface area contributed by atoms with Crippen LogP contribution in [-0.4, -0.2) is 27.4 Å². The van der Waals surface area contributed by atoms with Crippen molar-refractivity contribution in [1.82, 2.24) is 9.13 Å². The van der Waals surface area contributed by atoms with Crippen LogP contribution >= 0.6 is 0 Å². The Labute approximate surface area is 106 Å². The zero-order valence-electron chi connectivity index (χ0n) is 11.0. The first-order valence-corrected chi connectivity index (χ1v) is 6.13. The lowest BCUT2D eigenvalue weighted by atomic mass is 10.1. The maximum atomic E-state index is 12.1. The van der Waals surface area contributed by atoms with Gasteiger partial charge in [0.25, 0.3) is 5.56 Å². The second-order valence-electron chi connectivity index (χ2n) is 4.35. The molecule has 0 unspecified atom stereocenters. The van der Waals surface area contributed by atoms with Gasteiger partial charge in [0.05, 0.1) is 0 Å². The SMILES string of the molecule is Cn1c(CCCO)c(CCCN)c(=O)n(C)c1=O. The van der Waals surface area contributed by atoms with E-state index in [1.54, 1.807) is 7.05 Å². The van der Waals surface area contributed by atoms with Crippen molar-refractivity contribution in [3.8, 4) is 0 Å². The van der Waals surface area contributed by atoms with Crippen molar-refractivity contribution in [1.29, 1.82) is 0 Å². The van der Waals surface area contributed by atoms with E-state index in [2.05, 4.69) is 0 Å². The molecule has 0 bridgehead atoms. The number of hydrogen-bond acceptors (Lipinski definition) is 4. The summed E-state index contributed by atoms with van der Waals surface area (Å²) in [7, 11) is 3.13. The topological polar surface area (TPSA) is 90.2 Å². The molecule has 1 aromatic rings. The zero-order valence-corrected chi connectivity index (χ0v) is 11.0. The first-order valence-electron chi connectivity index (χ1n) is 6.13. The summed E-state index contributed by atoms with van der Waals surface area (Å²) in [5, 5.41) is 8.89. The highest BCUT2D eigenvalue weighted by atomic mass is 16.3. The molecule has 0 atom stereocenters. The molecule has 1 rings (SSSR count). The minimum atomic E-state index is -0.329. The number of rotatable bonds is 6. The molecular weight excluding hydrogens is 234 g/mol. The molecule has 0 spiro atoms. The van der Waals surface area contributed by atoms with Crippen LogP contribution in [0.1, 0.15) is 24.1 Å². The second kappa shape index (κ2) is 6.51. The largest absolute Gasteiger partial charge is 0.396 e. The zero-order chi connectivity index (χ0) is 13.7. The summed E-state index contributed by atoms with van der Waals surface area (Å²) < 4.78 is 2.61. The van der Waals surface area contributed by atoms with E-state index in [-0.39, 0.29) is 17.9 Å². The molecule has 18 heavy (non-hydrogen) atoms. The number of nitrogens with two attached hydrogens (primary N) is 1. The molecule has 0 fully saturated rings. The number of hydrogen-bond donors (Lipinski definition) is 2. The highest BCUT2D eigenvalue weighted by Crippen LogP contribution is 2.07.